The highest BCUT2D eigenvalue weighted by molar-refractivity contribution is 6.10. The molecule has 0 saturated heterocycles. The summed E-state index contributed by atoms with van der Waals surface area (Å²) in [6.45, 7) is 4.71. The van der Waals surface area contributed by atoms with Crippen LogP contribution >= 0.6 is 0 Å². The minimum atomic E-state index is -0.0484. The summed E-state index contributed by atoms with van der Waals surface area (Å²) in [5.74, 6) is 1.80. The van der Waals surface area contributed by atoms with Crippen LogP contribution in [-0.2, 0) is 5.41 Å². The molecule has 1 aliphatic heterocycles. The summed E-state index contributed by atoms with van der Waals surface area (Å²) in [5, 5.41) is 4.88. The van der Waals surface area contributed by atoms with Gasteiger partial charge in [0, 0.05) is 16.4 Å². The van der Waals surface area contributed by atoms with E-state index in [1.165, 1.54) is 88.5 Å². The molecule has 0 spiro atoms. The lowest BCUT2D eigenvalue weighted by Gasteiger charge is -2.23. The fraction of sp³-hybridized carbons (Fsp3) is 0.0566. The Morgan fingerprint density at radius 1 is 0.333 bits per heavy atom. The van der Waals surface area contributed by atoms with E-state index in [1.807, 2.05) is 0 Å². The fourth-order valence-electron chi connectivity index (χ4n) is 9.13. The van der Waals surface area contributed by atoms with Crippen molar-refractivity contribution in [1.29, 1.82) is 0 Å². The number of ether oxygens (including phenoxy) is 1. The molecule has 0 fully saturated rings. The van der Waals surface area contributed by atoms with Crippen LogP contribution in [0.4, 0.5) is 0 Å². The normalized spacial score (nSPS) is 13.3. The van der Waals surface area contributed by atoms with E-state index in [2.05, 4.69) is 196 Å². The lowest BCUT2D eigenvalue weighted by Crippen LogP contribution is -2.14. The van der Waals surface area contributed by atoms with Crippen molar-refractivity contribution in [2.75, 3.05) is 0 Å². The highest BCUT2D eigenvalue weighted by Gasteiger charge is 2.35. The third-order valence-corrected chi connectivity index (χ3v) is 11.9. The molecule has 0 saturated carbocycles. The van der Waals surface area contributed by atoms with Gasteiger partial charge in [0.25, 0.3) is 0 Å². The molecule has 0 aromatic heterocycles. The molecule has 0 radical (unpaired) electrons. The second-order valence-corrected chi connectivity index (χ2v) is 15.3. The van der Waals surface area contributed by atoms with Gasteiger partial charge < -0.3 is 4.74 Å². The molecule has 1 heteroatoms. The van der Waals surface area contributed by atoms with Gasteiger partial charge >= 0.3 is 0 Å². The molecule has 9 aromatic rings. The zero-order valence-corrected chi connectivity index (χ0v) is 30.2. The Kier molecular flexibility index (Phi) is 6.66. The highest BCUT2D eigenvalue weighted by atomic mass is 16.5. The van der Waals surface area contributed by atoms with E-state index in [4.69, 9.17) is 4.74 Å². The highest BCUT2D eigenvalue weighted by Crippen LogP contribution is 2.52. The average molecular weight is 689 g/mol. The first-order chi connectivity index (χ1) is 26.5. The molecule has 0 atom stereocenters. The van der Waals surface area contributed by atoms with Crippen LogP contribution in [-0.4, -0.2) is 0 Å². The molecule has 254 valence electrons. The van der Waals surface area contributed by atoms with Gasteiger partial charge in [-0.15, -0.1) is 0 Å². The molecule has 1 heterocycles. The Balaban J connectivity index is 1.08. The second kappa shape index (κ2) is 11.7. The van der Waals surface area contributed by atoms with Gasteiger partial charge in [0.2, 0.25) is 0 Å². The van der Waals surface area contributed by atoms with Crippen LogP contribution in [0.1, 0.15) is 25.0 Å². The van der Waals surface area contributed by atoms with Gasteiger partial charge in [-0.2, -0.15) is 0 Å². The van der Waals surface area contributed by atoms with Gasteiger partial charge in [-0.3, -0.25) is 0 Å². The van der Waals surface area contributed by atoms with Crippen molar-refractivity contribution in [3.8, 4) is 78.3 Å². The molecule has 9 aromatic carbocycles. The Morgan fingerprint density at radius 3 is 1.85 bits per heavy atom. The standard InChI is InChI=1S/C53H36O/c1-53(2)48-19-10-9-16-42(48)46-29-36-20-21-37(28-39(36)32-49(46)53)45-31-38(22-24-40(45)34-14-7-4-8-15-34)41-25-27-51-52-43(41)17-11-18-44(52)47-30-35(23-26-50(47)54-51)33-12-5-3-6-13-33/h3-32H,1-2H3. The Labute approximate surface area is 315 Å². The smallest absolute Gasteiger partial charge is 0.135 e. The first-order valence-electron chi connectivity index (χ1n) is 18.8. The molecule has 0 amide bonds. The van der Waals surface area contributed by atoms with Gasteiger partial charge in [0.05, 0.1) is 0 Å². The number of hydrogen-bond donors (Lipinski definition) is 0. The molecule has 0 unspecified atom stereocenters. The van der Waals surface area contributed by atoms with Crippen molar-refractivity contribution in [2.45, 2.75) is 19.3 Å². The fourth-order valence-corrected chi connectivity index (χ4v) is 9.13. The molecule has 54 heavy (non-hydrogen) atoms. The van der Waals surface area contributed by atoms with Crippen molar-refractivity contribution in [3.05, 3.63) is 193 Å². The van der Waals surface area contributed by atoms with Crippen LogP contribution in [0.15, 0.2) is 182 Å². The summed E-state index contributed by atoms with van der Waals surface area (Å²) < 4.78 is 6.61. The van der Waals surface area contributed by atoms with E-state index in [0.717, 1.165) is 22.4 Å². The third kappa shape index (κ3) is 4.65. The molecule has 0 N–H and O–H groups in total. The largest absolute Gasteiger partial charge is 0.456 e. The van der Waals surface area contributed by atoms with Gasteiger partial charge in [-0.25, -0.2) is 0 Å². The lowest BCUT2D eigenvalue weighted by molar-refractivity contribution is 0.487. The van der Waals surface area contributed by atoms with E-state index in [1.54, 1.807) is 0 Å². The van der Waals surface area contributed by atoms with Crippen LogP contribution in [0.3, 0.4) is 0 Å². The molecule has 11 rings (SSSR count). The molecule has 1 nitrogen and oxygen atoms in total. The zero-order valence-electron chi connectivity index (χ0n) is 30.2. The predicted molar refractivity (Wildman–Crippen MR) is 226 cm³/mol. The number of fused-ring (bicyclic) bond motifs is 6. The van der Waals surface area contributed by atoms with Crippen LogP contribution < -0.4 is 4.74 Å². The van der Waals surface area contributed by atoms with Gasteiger partial charge in [-0.1, -0.05) is 153 Å². The average Bonchev–Trinajstić information content (AvgIpc) is 3.45. The zero-order chi connectivity index (χ0) is 36.0. The maximum atomic E-state index is 6.61. The van der Waals surface area contributed by atoms with E-state index >= 15 is 0 Å². The molecule has 0 bridgehead atoms. The lowest BCUT2D eigenvalue weighted by atomic mass is 9.81. The quantitative estimate of drug-likeness (QED) is 0.179. The Bertz CT molecular complexity index is 2970. The van der Waals surface area contributed by atoms with E-state index in [0.29, 0.717) is 0 Å². The van der Waals surface area contributed by atoms with Crippen molar-refractivity contribution in [2.24, 2.45) is 0 Å². The first kappa shape index (κ1) is 30.9. The van der Waals surface area contributed by atoms with Gasteiger partial charge in [0.1, 0.15) is 11.5 Å². The van der Waals surface area contributed by atoms with Crippen molar-refractivity contribution >= 4 is 21.5 Å². The minimum Gasteiger partial charge on any atom is -0.456 e. The summed E-state index contributed by atoms with van der Waals surface area (Å²) in [5.41, 5.74) is 17.4. The first-order valence-corrected chi connectivity index (χ1v) is 18.8. The summed E-state index contributed by atoms with van der Waals surface area (Å²) in [4.78, 5) is 0. The summed E-state index contributed by atoms with van der Waals surface area (Å²) in [6.07, 6.45) is 0. The number of rotatable bonds is 4. The van der Waals surface area contributed by atoms with Crippen LogP contribution in [0.25, 0.3) is 88.3 Å². The van der Waals surface area contributed by atoms with E-state index in [-0.39, 0.29) is 5.41 Å². The maximum Gasteiger partial charge on any atom is 0.135 e. The summed E-state index contributed by atoms with van der Waals surface area (Å²) in [7, 11) is 0. The summed E-state index contributed by atoms with van der Waals surface area (Å²) >= 11 is 0. The summed E-state index contributed by atoms with van der Waals surface area (Å²) in [6, 6.07) is 66.7. The van der Waals surface area contributed by atoms with E-state index < -0.39 is 0 Å². The molecule has 2 aliphatic rings. The maximum absolute atomic E-state index is 6.61. The van der Waals surface area contributed by atoms with E-state index in [9.17, 15) is 0 Å². The SMILES string of the molecule is CC1(C)c2ccccc2-c2cc3ccc(-c4cc(-c5ccc6c7c(cccc57)-c5cc(-c7ccccc7)ccc5O6)ccc4-c4ccccc4)cc3cc21. The number of benzene rings is 9. The molecule has 1 aliphatic carbocycles. The van der Waals surface area contributed by atoms with Crippen molar-refractivity contribution in [3.63, 3.8) is 0 Å². The van der Waals surface area contributed by atoms with Crippen LogP contribution in [0.5, 0.6) is 11.5 Å². The van der Waals surface area contributed by atoms with Gasteiger partial charge in [-0.05, 0) is 131 Å². The van der Waals surface area contributed by atoms with Crippen LogP contribution in [0, 0.1) is 0 Å². The second-order valence-electron chi connectivity index (χ2n) is 15.3. The molecular formula is C53H36O. The van der Waals surface area contributed by atoms with Gasteiger partial charge in [0.15, 0.2) is 0 Å². The van der Waals surface area contributed by atoms with Crippen molar-refractivity contribution < 1.29 is 4.74 Å². The van der Waals surface area contributed by atoms with Crippen molar-refractivity contribution in [1.82, 2.24) is 0 Å². The Hall–Kier alpha value is -6.70. The third-order valence-electron chi connectivity index (χ3n) is 11.9. The number of hydrogen-bond acceptors (Lipinski definition) is 1. The minimum absolute atomic E-state index is 0.0484. The Morgan fingerprint density at radius 2 is 1.00 bits per heavy atom. The monoisotopic (exact) mass is 688 g/mol. The topological polar surface area (TPSA) is 9.23 Å². The predicted octanol–water partition coefficient (Wildman–Crippen LogP) is 14.7. The molecular weight excluding hydrogens is 653 g/mol. The van der Waals surface area contributed by atoms with Crippen LogP contribution in [0.2, 0.25) is 0 Å².